The summed E-state index contributed by atoms with van der Waals surface area (Å²) in [4.78, 5) is 40.6. The van der Waals surface area contributed by atoms with Crippen molar-refractivity contribution in [2.45, 2.75) is 70.6 Å². The van der Waals surface area contributed by atoms with Crippen LogP contribution in [0.1, 0.15) is 85.2 Å². The van der Waals surface area contributed by atoms with E-state index in [2.05, 4.69) is 5.32 Å². The normalized spacial score (nSPS) is 13.3. The number of anilines is 1. The fourth-order valence-corrected chi connectivity index (χ4v) is 5.83. The highest BCUT2D eigenvalue weighted by Crippen LogP contribution is 2.46. The fraction of sp³-hybridized carbons (Fsp3) is 0.467. The fourth-order valence-electron chi connectivity index (χ4n) is 4.91. The van der Waals surface area contributed by atoms with Crippen molar-refractivity contribution in [3.05, 3.63) is 47.0 Å². The molecule has 0 atom stereocenters. The molecule has 3 aromatic rings. The Balaban J connectivity index is 1.61. The minimum Gasteiger partial charge on any atom is -0.481 e. The molecule has 220 valence electrons. The molecule has 1 aliphatic rings. The van der Waals surface area contributed by atoms with Gasteiger partial charge < -0.3 is 14.8 Å². The number of hydrogen-bond donors (Lipinski definition) is 2. The number of carboxylic acids is 1. The molecule has 1 aromatic carbocycles. The predicted octanol–water partition coefficient (Wildman–Crippen LogP) is 5.19. The van der Waals surface area contributed by atoms with Crippen LogP contribution in [0.15, 0.2) is 34.7 Å². The van der Waals surface area contributed by atoms with Crippen LogP contribution in [0, 0.1) is 6.92 Å². The van der Waals surface area contributed by atoms with Crippen LogP contribution in [0.4, 0.5) is 5.82 Å². The van der Waals surface area contributed by atoms with Gasteiger partial charge >= 0.3 is 5.97 Å². The smallest absolute Gasteiger partial charge is 0.303 e. The molecular weight excluding hydrogens is 546 g/mol. The summed E-state index contributed by atoms with van der Waals surface area (Å²) in [5.41, 5.74) is 3.09. The number of carbonyl (C=O) groups is 3. The summed E-state index contributed by atoms with van der Waals surface area (Å²) >= 11 is 0. The van der Waals surface area contributed by atoms with E-state index in [1.165, 1.54) is 4.31 Å². The third kappa shape index (κ3) is 7.52. The molecule has 1 saturated carbocycles. The zero-order valence-electron chi connectivity index (χ0n) is 23.7. The lowest BCUT2D eigenvalue weighted by molar-refractivity contribution is -0.137. The summed E-state index contributed by atoms with van der Waals surface area (Å²) < 4.78 is 33.4. The number of rotatable bonds is 15. The molecule has 0 aliphatic heterocycles. The quantitative estimate of drug-likeness (QED) is 0.232. The number of carboxylic acid groups (broad SMARTS) is 1. The molecule has 10 nitrogen and oxygen atoms in total. The number of aromatic nitrogens is 1. The largest absolute Gasteiger partial charge is 0.481 e. The van der Waals surface area contributed by atoms with Gasteiger partial charge in [-0.1, -0.05) is 29.8 Å². The first-order valence-electron chi connectivity index (χ1n) is 14.0. The lowest BCUT2D eigenvalue weighted by Crippen LogP contribution is -2.32. The standard InChI is InChI=1S/C30H37N3O7S/c1-19-11-13-21(14-12-19)27-26(29(37)31-2)24-18-23(20-15-16-20)28(32-30(24)40-27)33(41(3,38)39)17-7-6-9-22(34)8-4-5-10-25(35)36/h11-14,18,20H,4-10,15-17H2,1-3H3,(H,31,37)(H,35,36). The Bertz CT molecular complexity index is 1540. The van der Waals surface area contributed by atoms with E-state index >= 15 is 0 Å². The Morgan fingerprint density at radius 2 is 1.68 bits per heavy atom. The summed E-state index contributed by atoms with van der Waals surface area (Å²) in [5.74, 6) is -0.340. The van der Waals surface area contributed by atoms with Crippen molar-refractivity contribution < 1.29 is 32.3 Å². The molecule has 0 radical (unpaired) electrons. The molecule has 41 heavy (non-hydrogen) atoms. The number of pyridine rings is 1. The van der Waals surface area contributed by atoms with Crippen LogP contribution in [-0.4, -0.2) is 56.0 Å². The van der Waals surface area contributed by atoms with Gasteiger partial charge in [0.2, 0.25) is 15.7 Å². The van der Waals surface area contributed by atoms with Crippen molar-refractivity contribution in [2.75, 3.05) is 24.2 Å². The highest BCUT2D eigenvalue weighted by Gasteiger charge is 2.34. The average molecular weight is 584 g/mol. The van der Waals surface area contributed by atoms with E-state index in [1.807, 2.05) is 37.3 Å². The van der Waals surface area contributed by atoms with Crippen LogP contribution < -0.4 is 9.62 Å². The first-order valence-corrected chi connectivity index (χ1v) is 15.8. The molecule has 2 aromatic heterocycles. The van der Waals surface area contributed by atoms with Crippen molar-refractivity contribution in [3.8, 4) is 11.3 Å². The van der Waals surface area contributed by atoms with Gasteiger partial charge in [0.25, 0.3) is 5.91 Å². The van der Waals surface area contributed by atoms with E-state index in [9.17, 15) is 22.8 Å². The number of nitrogens with one attached hydrogen (secondary N) is 1. The topological polar surface area (TPSA) is 147 Å². The second-order valence-electron chi connectivity index (χ2n) is 10.7. The molecule has 0 bridgehead atoms. The molecule has 1 amide bonds. The zero-order chi connectivity index (χ0) is 29.7. The summed E-state index contributed by atoms with van der Waals surface area (Å²) in [6.45, 7) is 2.12. The molecule has 1 fully saturated rings. The number of amides is 1. The highest BCUT2D eigenvalue weighted by atomic mass is 32.2. The lowest BCUT2D eigenvalue weighted by Gasteiger charge is -2.24. The van der Waals surface area contributed by atoms with E-state index in [-0.39, 0.29) is 36.3 Å². The molecule has 4 rings (SSSR count). The van der Waals surface area contributed by atoms with Crippen LogP contribution in [0.3, 0.4) is 0 Å². The number of hydrogen-bond acceptors (Lipinski definition) is 7. The second-order valence-corrected chi connectivity index (χ2v) is 12.6. The number of Topliss-reactive ketones (excluding diaryl/α,β-unsaturated/α-hetero) is 1. The number of carbonyl (C=O) groups excluding carboxylic acids is 2. The summed E-state index contributed by atoms with van der Waals surface area (Å²) in [7, 11) is -2.16. The summed E-state index contributed by atoms with van der Waals surface area (Å²) in [5, 5.41) is 11.9. The first kappa shape index (κ1) is 30.2. The monoisotopic (exact) mass is 583 g/mol. The van der Waals surface area contributed by atoms with Crippen LogP contribution in [0.5, 0.6) is 0 Å². The van der Waals surface area contributed by atoms with E-state index in [1.54, 1.807) is 7.05 Å². The molecule has 2 heterocycles. The van der Waals surface area contributed by atoms with Crippen molar-refractivity contribution in [3.63, 3.8) is 0 Å². The van der Waals surface area contributed by atoms with E-state index in [4.69, 9.17) is 14.5 Å². The van der Waals surface area contributed by atoms with Gasteiger partial charge in [-0.15, -0.1) is 0 Å². The Morgan fingerprint density at radius 1 is 1.05 bits per heavy atom. The van der Waals surface area contributed by atoms with Crippen LogP contribution in [0.2, 0.25) is 0 Å². The number of nitrogens with zero attached hydrogens (tertiary/aromatic N) is 2. The molecular formula is C30H37N3O7S. The van der Waals surface area contributed by atoms with E-state index < -0.39 is 16.0 Å². The maximum Gasteiger partial charge on any atom is 0.303 e. The number of benzene rings is 1. The van der Waals surface area contributed by atoms with Gasteiger partial charge in [0.1, 0.15) is 17.4 Å². The van der Waals surface area contributed by atoms with Gasteiger partial charge in [-0.05, 0) is 63.0 Å². The van der Waals surface area contributed by atoms with Crippen LogP contribution in [0.25, 0.3) is 22.4 Å². The summed E-state index contributed by atoms with van der Waals surface area (Å²) in [6.07, 6.45) is 5.55. The minimum absolute atomic E-state index is 0.0421. The van der Waals surface area contributed by atoms with E-state index in [0.29, 0.717) is 66.6 Å². The van der Waals surface area contributed by atoms with Crippen molar-refractivity contribution >= 4 is 44.6 Å². The molecule has 2 N–H and O–H groups in total. The predicted molar refractivity (Wildman–Crippen MR) is 157 cm³/mol. The number of ketones is 1. The SMILES string of the molecule is CNC(=O)c1c(-c2ccc(C)cc2)oc2nc(N(CCCCC(=O)CCCCC(=O)O)S(C)(=O)=O)c(C3CC3)cc12. The van der Waals surface area contributed by atoms with E-state index in [0.717, 1.165) is 30.2 Å². The molecule has 11 heteroatoms. The first-order chi connectivity index (χ1) is 19.5. The zero-order valence-corrected chi connectivity index (χ0v) is 24.6. The number of unbranched alkanes of at least 4 members (excludes halogenated alkanes) is 2. The van der Waals surface area contributed by atoms with Crippen LogP contribution >= 0.6 is 0 Å². The number of furan rings is 1. The maximum atomic E-state index is 13.0. The summed E-state index contributed by atoms with van der Waals surface area (Å²) in [6, 6.07) is 9.45. The highest BCUT2D eigenvalue weighted by molar-refractivity contribution is 7.92. The number of sulfonamides is 1. The minimum atomic E-state index is -3.71. The molecule has 0 saturated heterocycles. The van der Waals surface area contributed by atoms with Crippen molar-refractivity contribution in [2.24, 2.45) is 0 Å². The molecule has 0 spiro atoms. The Labute approximate surface area is 240 Å². The maximum absolute atomic E-state index is 13.0. The lowest BCUT2D eigenvalue weighted by atomic mass is 10.0. The Kier molecular flexibility index (Phi) is 9.47. The second kappa shape index (κ2) is 12.8. The molecule has 0 unspecified atom stereocenters. The van der Waals surface area contributed by atoms with Gasteiger partial charge in [0.15, 0.2) is 0 Å². The van der Waals surface area contributed by atoms with Gasteiger partial charge in [-0.2, -0.15) is 4.98 Å². The number of aliphatic carboxylic acids is 1. The Morgan fingerprint density at radius 3 is 2.27 bits per heavy atom. The van der Waals surface area contributed by atoms with Crippen molar-refractivity contribution in [1.29, 1.82) is 0 Å². The van der Waals surface area contributed by atoms with Gasteiger partial charge in [0, 0.05) is 38.4 Å². The van der Waals surface area contributed by atoms with Gasteiger partial charge in [-0.3, -0.25) is 18.7 Å². The number of fused-ring (bicyclic) bond motifs is 1. The van der Waals surface area contributed by atoms with Gasteiger partial charge in [-0.25, -0.2) is 8.42 Å². The number of aryl methyl sites for hydroxylation is 1. The van der Waals surface area contributed by atoms with Crippen molar-refractivity contribution in [1.82, 2.24) is 10.3 Å². The average Bonchev–Trinajstić information content (AvgIpc) is 3.70. The Hall–Kier alpha value is -3.73. The van der Waals surface area contributed by atoms with Gasteiger partial charge in [0.05, 0.1) is 17.2 Å². The van der Waals surface area contributed by atoms with Crippen LogP contribution in [-0.2, 0) is 19.6 Å². The third-order valence-electron chi connectivity index (χ3n) is 7.28. The molecule has 1 aliphatic carbocycles. The third-order valence-corrected chi connectivity index (χ3v) is 8.43.